The molecule has 3 rings (SSSR count). The number of carbonyl (C=O) groups is 3. The van der Waals surface area contributed by atoms with E-state index < -0.39 is 81.1 Å². The number of hydroxylamine groups is 2. The largest absolute Gasteiger partial charge is 0.452 e. The third-order valence-electron chi connectivity index (χ3n) is 5.74. The van der Waals surface area contributed by atoms with Crippen LogP contribution in [0.2, 0.25) is 0 Å². The highest BCUT2D eigenvalue weighted by Crippen LogP contribution is 2.39. The van der Waals surface area contributed by atoms with Crippen LogP contribution in [0.5, 0.6) is 0 Å². The summed E-state index contributed by atoms with van der Waals surface area (Å²) in [7, 11) is -5.12. The Labute approximate surface area is 185 Å². The van der Waals surface area contributed by atoms with E-state index in [-0.39, 0.29) is 24.9 Å². The van der Waals surface area contributed by atoms with Gasteiger partial charge in [0.2, 0.25) is 0 Å². The van der Waals surface area contributed by atoms with Crippen LogP contribution >= 0.6 is 0 Å². The van der Waals surface area contributed by atoms with Gasteiger partial charge in [0.25, 0.3) is 5.91 Å². The molecule has 3 unspecified atom stereocenters. The zero-order valence-corrected chi connectivity index (χ0v) is 17.7. The molecule has 182 valence electrons. The van der Waals surface area contributed by atoms with Gasteiger partial charge in [-0.15, -0.1) is 9.35 Å². The van der Waals surface area contributed by atoms with Crippen molar-refractivity contribution < 1.29 is 49.3 Å². The molecule has 4 atom stereocenters. The van der Waals surface area contributed by atoms with E-state index in [1.807, 2.05) is 5.43 Å². The number of imide groups is 1. The number of halogens is 3. The first-order valence-electron chi connectivity index (χ1n) is 9.61. The van der Waals surface area contributed by atoms with Crippen molar-refractivity contribution in [2.24, 2.45) is 11.6 Å². The lowest BCUT2D eigenvalue weighted by Crippen LogP contribution is -2.67. The van der Waals surface area contributed by atoms with Gasteiger partial charge in [-0.05, 0) is 24.5 Å². The van der Waals surface area contributed by atoms with Crippen LogP contribution in [0.3, 0.4) is 0 Å². The lowest BCUT2D eigenvalue weighted by atomic mass is 9.95. The number of nitrogens with one attached hydrogen (secondary N) is 1. The van der Waals surface area contributed by atoms with Crippen LogP contribution < -0.4 is 17.0 Å². The summed E-state index contributed by atoms with van der Waals surface area (Å²) in [4.78, 5) is 38.7. The molecular weight excluding hydrogens is 475 g/mol. The topological polar surface area (TPSA) is 182 Å². The molecule has 2 saturated heterocycles. The van der Waals surface area contributed by atoms with E-state index in [4.69, 9.17) is 16.1 Å². The molecule has 4 amide bonds. The van der Waals surface area contributed by atoms with Gasteiger partial charge in [0, 0.05) is 18.5 Å². The van der Waals surface area contributed by atoms with Crippen LogP contribution in [0.15, 0.2) is 12.1 Å². The Kier molecular flexibility index (Phi) is 6.79. The Bertz CT molecular complexity index is 1100. The number of piperidine rings is 1. The molecule has 0 radical (unpaired) electrons. The molecule has 12 nitrogen and oxygen atoms in total. The summed E-state index contributed by atoms with van der Waals surface area (Å²) in [5, 5.41) is 0.317. The summed E-state index contributed by atoms with van der Waals surface area (Å²) >= 11 is 0. The second-order valence-electron chi connectivity index (χ2n) is 7.84. The van der Waals surface area contributed by atoms with E-state index in [1.54, 1.807) is 0 Å². The van der Waals surface area contributed by atoms with Crippen LogP contribution in [0.1, 0.15) is 24.8 Å². The van der Waals surface area contributed by atoms with Crippen molar-refractivity contribution in [3.63, 3.8) is 0 Å². The second-order valence-corrected chi connectivity index (χ2v) is 8.84. The Balaban J connectivity index is 1.89. The number of benzene rings is 1. The first-order chi connectivity index (χ1) is 15.3. The molecule has 2 aliphatic rings. The number of urea groups is 1. The second kappa shape index (κ2) is 8.96. The number of hydrazine groups is 1. The number of hydrogen-bond donors (Lipinski definition) is 4. The van der Waals surface area contributed by atoms with E-state index >= 15 is 0 Å². The van der Waals surface area contributed by atoms with Gasteiger partial charge >= 0.3 is 22.3 Å². The van der Waals surface area contributed by atoms with Crippen LogP contribution in [0, 0.1) is 17.5 Å². The summed E-state index contributed by atoms with van der Waals surface area (Å²) in [5.41, 5.74) is 7.44. The molecule has 2 heterocycles. The molecule has 6 N–H and O–H groups in total. The molecule has 0 aromatic heterocycles. The SMILES string of the molecule is NNC(=O)C1CCC2C[N+]1(C(=O)C[C@H](N)Cc1cc(F)c(F)cc1F)C(=O)N2OS(=O)(=O)O. The van der Waals surface area contributed by atoms with Gasteiger partial charge in [-0.1, -0.05) is 0 Å². The lowest BCUT2D eigenvalue weighted by molar-refractivity contribution is -0.789. The molecule has 0 spiro atoms. The molecule has 0 saturated carbocycles. The maximum atomic E-state index is 13.9. The van der Waals surface area contributed by atoms with Crippen molar-refractivity contribution in [1.29, 1.82) is 0 Å². The standard InChI is InChI=1S/C17H20F3N5O7S/c18-11-6-13(20)12(19)4-8(11)3-9(21)5-15(26)25-7-10(1-2-14(25)16(27)23-22)24(17(25)28)32-33(29,30)31/h4,6,9-10,14H,1-3,5,7,21-22H2,(H-,23,27,29,30,31)/p+1/t9-,10?,14?,25?/m1/s1. The third kappa shape index (κ3) is 4.71. The molecule has 16 heteroatoms. The zero-order chi connectivity index (χ0) is 24.7. The highest BCUT2D eigenvalue weighted by Gasteiger charge is 2.67. The number of rotatable bonds is 7. The van der Waals surface area contributed by atoms with Crippen LogP contribution in [-0.4, -0.2) is 65.0 Å². The molecule has 0 aliphatic carbocycles. The number of nitrogens with two attached hydrogens (primary N) is 2. The smallest absolute Gasteiger partial charge is 0.327 e. The average Bonchev–Trinajstić information content (AvgIpc) is 2.93. The maximum absolute atomic E-state index is 13.9. The van der Waals surface area contributed by atoms with E-state index in [0.29, 0.717) is 17.2 Å². The minimum Gasteiger partial charge on any atom is -0.327 e. The molecule has 2 aliphatic heterocycles. The van der Waals surface area contributed by atoms with Gasteiger partial charge < -0.3 is 5.73 Å². The van der Waals surface area contributed by atoms with Crippen molar-refractivity contribution >= 4 is 28.2 Å². The Hall–Kier alpha value is -2.63. The van der Waals surface area contributed by atoms with Crippen molar-refractivity contribution in [2.45, 2.75) is 43.8 Å². The fraction of sp³-hybridized carbons (Fsp3) is 0.471. The van der Waals surface area contributed by atoms with Gasteiger partial charge in [-0.3, -0.25) is 14.8 Å². The minimum absolute atomic E-state index is 0.0543. The van der Waals surface area contributed by atoms with Crippen molar-refractivity contribution in [1.82, 2.24) is 10.5 Å². The van der Waals surface area contributed by atoms with Gasteiger partial charge in [-0.2, -0.15) is 12.9 Å². The number of amides is 4. The van der Waals surface area contributed by atoms with Crippen molar-refractivity contribution in [3.8, 4) is 0 Å². The third-order valence-corrected chi connectivity index (χ3v) is 6.09. The first kappa shape index (κ1) is 25.0. The molecular formula is C17H21F3N5O7S+. The monoisotopic (exact) mass is 496 g/mol. The molecule has 1 aromatic rings. The number of carbonyl (C=O) groups excluding carboxylic acids is 3. The Morgan fingerprint density at radius 1 is 1.24 bits per heavy atom. The van der Waals surface area contributed by atoms with Crippen molar-refractivity contribution in [3.05, 3.63) is 35.1 Å². The first-order valence-corrected chi connectivity index (χ1v) is 11.0. The predicted octanol–water partition coefficient (Wildman–Crippen LogP) is -0.602. The van der Waals surface area contributed by atoms with Gasteiger partial charge in [0.1, 0.15) is 18.4 Å². The molecule has 1 aromatic carbocycles. The van der Waals surface area contributed by atoms with Crippen LogP contribution in [-0.2, 0) is 30.7 Å². The summed E-state index contributed by atoms with van der Waals surface area (Å²) < 4.78 is 74.9. The number of quaternary nitrogens is 1. The molecule has 33 heavy (non-hydrogen) atoms. The van der Waals surface area contributed by atoms with Gasteiger partial charge in [-0.25, -0.2) is 28.6 Å². The fourth-order valence-electron chi connectivity index (χ4n) is 4.32. The van der Waals surface area contributed by atoms with E-state index in [2.05, 4.69) is 4.28 Å². The predicted molar refractivity (Wildman–Crippen MR) is 102 cm³/mol. The number of hydrogen-bond acceptors (Lipinski definition) is 8. The lowest BCUT2D eigenvalue weighted by Gasteiger charge is -2.36. The van der Waals surface area contributed by atoms with E-state index in [1.165, 1.54) is 0 Å². The zero-order valence-electron chi connectivity index (χ0n) is 16.9. The molecule has 2 fully saturated rings. The Morgan fingerprint density at radius 2 is 1.88 bits per heavy atom. The normalized spacial score (nSPS) is 25.8. The number of nitrogens with zero attached hydrogens (tertiary/aromatic N) is 2. The Morgan fingerprint density at radius 3 is 2.48 bits per heavy atom. The average molecular weight is 496 g/mol. The van der Waals surface area contributed by atoms with Gasteiger partial charge in [0.15, 0.2) is 17.7 Å². The van der Waals surface area contributed by atoms with Crippen molar-refractivity contribution in [2.75, 3.05) is 6.54 Å². The maximum Gasteiger partial charge on any atom is 0.452 e. The minimum atomic E-state index is -5.12. The van der Waals surface area contributed by atoms with E-state index in [0.717, 1.165) is 0 Å². The van der Waals surface area contributed by atoms with Crippen LogP contribution in [0.4, 0.5) is 18.0 Å². The number of fused-ring (bicyclic) bond motifs is 2. The van der Waals surface area contributed by atoms with Crippen LogP contribution in [0.25, 0.3) is 0 Å². The summed E-state index contributed by atoms with van der Waals surface area (Å²) in [6, 6.07) is -3.83. The van der Waals surface area contributed by atoms with Gasteiger partial charge in [0.05, 0.1) is 6.42 Å². The highest BCUT2D eigenvalue weighted by molar-refractivity contribution is 7.80. The highest BCUT2D eigenvalue weighted by atomic mass is 32.3. The fourth-order valence-corrected chi connectivity index (χ4v) is 4.71. The summed E-state index contributed by atoms with van der Waals surface area (Å²) in [5.74, 6) is -0.463. The summed E-state index contributed by atoms with van der Waals surface area (Å²) in [6.07, 6.45) is -1.04. The molecule has 2 bridgehead atoms. The quantitative estimate of drug-likeness (QED) is 0.0956. The van der Waals surface area contributed by atoms with E-state index in [9.17, 15) is 36.0 Å². The summed E-state index contributed by atoms with van der Waals surface area (Å²) in [6.45, 7) is -0.377.